The maximum absolute atomic E-state index is 12.8. The number of fused-ring (bicyclic) bond motifs is 1. The molecule has 6 nitrogen and oxygen atoms in total. The Morgan fingerprint density at radius 1 is 1.14 bits per heavy atom. The molecule has 0 radical (unpaired) electrons. The molecule has 150 valence electrons. The first-order valence-corrected chi connectivity index (χ1v) is 9.84. The van der Waals surface area contributed by atoms with Gasteiger partial charge >= 0.3 is 0 Å². The van der Waals surface area contributed by atoms with E-state index in [-0.39, 0.29) is 11.9 Å². The summed E-state index contributed by atoms with van der Waals surface area (Å²) in [7, 11) is 1.63. The number of methoxy groups -OCH3 is 1. The summed E-state index contributed by atoms with van der Waals surface area (Å²) in [4.78, 5) is 19.7. The summed E-state index contributed by atoms with van der Waals surface area (Å²) < 4.78 is 10.7. The first-order chi connectivity index (χ1) is 14.2. The standard InChI is InChI=1S/C23H25N3O3/c1-28-19-8-10-20-18(15-19)7-9-21(25-20)23(27)24-16-22(17-5-3-2-4-6-17)26-11-13-29-14-12-26/h2-10,15,22H,11-14,16H2,1H3,(H,24,27). The van der Waals surface area contributed by atoms with E-state index in [4.69, 9.17) is 9.47 Å². The molecule has 0 spiro atoms. The predicted molar refractivity (Wildman–Crippen MR) is 112 cm³/mol. The van der Waals surface area contributed by atoms with Crippen LogP contribution >= 0.6 is 0 Å². The minimum absolute atomic E-state index is 0.105. The molecule has 0 saturated carbocycles. The number of morpholine rings is 1. The smallest absolute Gasteiger partial charge is 0.269 e. The molecule has 1 saturated heterocycles. The minimum Gasteiger partial charge on any atom is -0.497 e. The fourth-order valence-electron chi connectivity index (χ4n) is 3.66. The van der Waals surface area contributed by atoms with Crippen molar-refractivity contribution in [1.29, 1.82) is 0 Å². The number of ether oxygens (including phenoxy) is 2. The Balaban J connectivity index is 1.49. The Kier molecular flexibility index (Phi) is 6.03. The molecule has 0 aliphatic carbocycles. The highest BCUT2D eigenvalue weighted by atomic mass is 16.5. The fraction of sp³-hybridized carbons (Fsp3) is 0.304. The first-order valence-electron chi connectivity index (χ1n) is 9.84. The average Bonchev–Trinajstić information content (AvgIpc) is 2.79. The lowest BCUT2D eigenvalue weighted by Gasteiger charge is -2.34. The molecule has 1 aromatic heterocycles. The van der Waals surface area contributed by atoms with Crippen LogP contribution in [0.25, 0.3) is 10.9 Å². The van der Waals surface area contributed by atoms with E-state index in [0.29, 0.717) is 25.5 Å². The van der Waals surface area contributed by atoms with Gasteiger partial charge in [-0.15, -0.1) is 0 Å². The molecule has 2 heterocycles. The number of nitrogens with zero attached hydrogens (tertiary/aromatic N) is 2. The van der Waals surface area contributed by atoms with Crippen LogP contribution in [0.4, 0.5) is 0 Å². The Hall–Kier alpha value is -2.96. The predicted octanol–water partition coefficient (Wildman–Crippen LogP) is 3.05. The Bertz CT molecular complexity index is 972. The molecule has 1 amide bonds. The number of amides is 1. The van der Waals surface area contributed by atoms with Gasteiger partial charge in [0.2, 0.25) is 0 Å². The van der Waals surface area contributed by atoms with Gasteiger partial charge < -0.3 is 14.8 Å². The third-order valence-corrected chi connectivity index (χ3v) is 5.26. The molecule has 6 heteroatoms. The second-order valence-electron chi connectivity index (χ2n) is 7.04. The lowest BCUT2D eigenvalue weighted by Crippen LogP contribution is -2.43. The number of carbonyl (C=O) groups is 1. The number of carbonyl (C=O) groups excluding carboxylic acids is 1. The van der Waals surface area contributed by atoms with E-state index >= 15 is 0 Å². The number of hydrogen-bond acceptors (Lipinski definition) is 5. The quantitative estimate of drug-likeness (QED) is 0.700. The number of aromatic nitrogens is 1. The van der Waals surface area contributed by atoms with Gasteiger partial charge in [0, 0.05) is 25.0 Å². The zero-order chi connectivity index (χ0) is 20.1. The highest BCUT2D eigenvalue weighted by Gasteiger charge is 2.23. The molecular weight excluding hydrogens is 366 g/mol. The topological polar surface area (TPSA) is 63.7 Å². The van der Waals surface area contributed by atoms with Crippen molar-refractivity contribution in [3.63, 3.8) is 0 Å². The van der Waals surface area contributed by atoms with Crippen LogP contribution in [0.3, 0.4) is 0 Å². The Morgan fingerprint density at radius 2 is 1.93 bits per heavy atom. The van der Waals surface area contributed by atoms with Crippen molar-refractivity contribution < 1.29 is 14.3 Å². The first kappa shape index (κ1) is 19.4. The number of hydrogen-bond donors (Lipinski definition) is 1. The van der Waals surface area contributed by atoms with Gasteiger partial charge in [-0.2, -0.15) is 0 Å². The van der Waals surface area contributed by atoms with Crippen LogP contribution in [0.1, 0.15) is 22.1 Å². The largest absolute Gasteiger partial charge is 0.497 e. The van der Waals surface area contributed by atoms with E-state index in [0.717, 1.165) is 29.7 Å². The zero-order valence-electron chi connectivity index (χ0n) is 16.5. The second-order valence-corrected chi connectivity index (χ2v) is 7.04. The van der Waals surface area contributed by atoms with Crippen LogP contribution in [-0.4, -0.2) is 55.7 Å². The van der Waals surface area contributed by atoms with Gasteiger partial charge in [-0.05, 0) is 29.8 Å². The molecule has 0 bridgehead atoms. The molecule has 4 rings (SSSR count). The highest BCUT2D eigenvalue weighted by Crippen LogP contribution is 2.22. The summed E-state index contributed by atoms with van der Waals surface area (Å²) in [6.45, 7) is 3.65. The molecule has 1 fully saturated rings. The fourth-order valence-corrected chi connectivity index (χ4v) is 3.66. The van der Waals surface area contributed by atoms with Crippen LogP contribution in [0.15, 0.2) is 60.7 Å². The van der Waals surface area contributed by atoms with E-state index in [1.807, 2.05) is 42.5 Å². The van der Waals surface area contributed by atoms with Crippen molar-refractivity contribution in [2.45, 2.75) is 6.04 Å². The molecule has 1 aliphatic rings. The Morgan fingerprint density at radius 3 is 2.69 bits per heavy atom. The molecule has 1 aliphatic heterocycles. The molecule has 29 heavy (non-hydrogen) atoms. The van der Waals surface area contributed by atoms with E-state index < -0.39 is 0 Å². The maximum Gasteiger partial charge on any atom is 0.269 e. The second kappa shape index (κ2) is 9.03. The van der Waals surface area contributed by atoms with Gasteiger partial charge in [0.05, 0.1) is 31.9 Å². The summed E-state index contributed by atoms with van der Waals surface area (Å²) in [5, 5.41) is 4.01. The van der Waals surface area contributed by atoms with Gasteiger partial charge in [0.1, 0.15) is 11.4 Å². The van der Waals surface area contributed by atoms with Crippen molar-refractivity contribution in [2.75, 3.05) is 40.0 Å². The highest BCUT2D eigenvalue weighted by molar-refractivity contribution is 5.95. The normalized spacial score (nSPS) is 15.8. The van der Waals surface area contributed by atoms with Crippen molar-refractivity contribution in [1.82, 2.24) is 15.2 Å². The average molecular weight is 391 g/mol. The van der Waals surface area contributed by atoms with E-state index in [1.165, 1.54) is 5.56 Å². The molecule has 1 N–H and O–H groups in total. The number of nitrogens with one attached hydrogen (secondary N) is 1. The molecule has 3 aromatic rings. The summed E-state index contributed by atoms with van der Waals surface area (Å²) in [6.07, 6.45) is 0. The molecular formula is C23H25N3O3. The number of rotatable bonds is 6. The van der Waals surface area contributed by atoms with Gasteiger partial charge in [-0.1, -0.05) is 36.4 Å². The number of benzene rings is 2. The van der Waals surface area contributed by atoms with Crippen molar-refractivity contribution in [3.8, 4) is 5.75 Å². The maximum atomic E-state index is 12.8. The lowest BCUT2D eigenvalue weighted by molar-refractivity contribution is 0.0162. The van der Waals surface area contributed by atoms with Gasteiger partial charge in [-0.3, -0.25) is 9.69 Å². The van der Waals surface area contributed by atoms with E-state index in [1.54, 1.807) is 13.2 Å². The van der Waals surface area contributed by atoms with Gasteiger partial charge in [0.25, 0.3) is 5.91 Å². The Labute approximate surface area is 170 Å². The lowest BCUT2D eigenvalue weighted by atomic mass is 10.0. The summed E-state index contributed by atoms with van der Waals surface area (Å²) in [5.74, 6) is 0.602. The zero-order valence-corrected chi connectivity index (χ0v) is 16.5. The van der Waals surface area contributed by atoms with E-state index in [2.05, 4.69) is 27.3 Å². The number of pyridine rings is 1. The summed E-state index contributed by atoms with van der Waals surface area (Å²) in [6, 6.07) is 19.7. The van der Waals surface area contributed by atoms with Gasteiger partial charge in [0.15, 0.2) is 0 Å². The third kappa shape index (κ3) is 4.55. The van der Waals surface area contributed by atoms with Crippen LogP contribution in [0.5, 0.6) is 5.75 Å². The monoisotopic (exact) mass is 391 g/mol. The van der Waals surface area contributed by atoms with Crippen molar-refractivity contribution in [3.05, 3.63) is 71.9 Å². The van der Waals surface area contributed by atoms with Crippen LogP contribution in [0.2, 0.25) is 0 Å². The van der Waals surface area contributed by atoms with Crippen LogP contribution in [-0.2, 0) is 4.74 Å². The SMILES string of the molecule is COc1ccc2nc(C(=O)NCC(c3ccccc3)N3CCOCC3)ccc2c1. The van der Waals surface area contributed by atoms with Gasteiger partial charge in [-0.25, -0.2) is 4.98 Å². The molecule has 1 unspecified atom stereocenters. The summed E-state index contributed by atoms with van der Waals surface area (Å²) in [5.41, 5.74) is 2.37. The van der Waals surface area contributed by atoms with Crippen molar-refractivity contribution >= 4 is 16.8 Å². The molecule has 2 aromatic carbocycles. The van der Waals surface area contributed by atoms with Crippen LogP contribution < -0.4 is 10.1 Å². The third-order valence-electron chi connectivity index (χ3n) is 5.26. The van der Waals surface area contributed by atoms with Crippen LogP contribution in [0, 0.1) is 0 Å². The van der Waals surface area contributed by atoms with E-state index in [9.17, 15) is 4.79 Å². The molecule has 1 atom stereocenters. The van der Waals surface area contributed by atoms with Crippen molar-refractivity contribution in [2.24, 2.45) is 0 Å². The summed E-state index contributed by atoms with van der Waals surface area (Å²) >= 11 is 0. The minimum atomic E-state index is -0.170.